The van der Waals surface area contributed by atoms with E-state index in [1.807, 2.05) is 0 Å². The largest absolute Gasteiger partial charge is 0.462 e. The number of unbranched alkanes of at least 4 members (excludes halogenated alkanes) is 4. The minimum Gasteiger partial charge on any atom is -0.462 e. The summed E-state index contributed by atoms with van der Waals surface area (Å²) in [6.45, 7) is 3.96. The number of hydrogen-bond acceptors (Lipinski definition) is 4. The van der Waals surface area contributed by atoms with Gasteiger partial charge in [0.15, 0.2) is 0 Å². The number of rotatable bonds is 6. The van der Waals surface area contributed by atoms with Crippen molar-refractivity contribution in [2.45, 2.75) is 71.3 Å². The van der Waals surface area contributed by atoms with E-state index in [2.05, 4.69) is 11.3 Å². The van der Waals surface area contributed by atoms with Crippen molar-refractivity contribution in [1.82, 2.24) is 0 Å². The molecule has 118 valence electrons. The molecular formula is C17H26O4. The Kier molecular flexibility index (Phi) is 8.48. The molecule has 0 bridgehead atoms. The van der Waals surface area contributed by atoms with Crippen LogP contribution in [0.15, 0.2) is 27.4 Å². The van der Waals surface area contributed by atoms with Crippen LogP contribution in [0.3, 0.4) is 0 Å². The second-order valence-corrected chi connectivity index (χ2v) is 5.41. The van der Waals surface area contributed by atoms with Crippen molar-refractivity contribution in [2.24, 2.45) is 0 Å². The minimum absolute atomic E-state index is 0.00134. The lowest BCUT2D eigenvalue weighted by Gasteiger charge is -2.07. The number of cyclic esters (lactones) is 1. The van der Waals surface area contributed by atoms with E-state index in [1.54, 1.807) is 19.1 Å². The standard InChI is InChI=1S/C11H20O2.C6H6O2/c1-2-3-4-5-6-7-10-8-9-11(12)13-10;1-5-3-2-4-6(7)8-5/h10H,2-9H2,1H3;2-4H,1H3. The van der Waals surface area contributed by atoms with Crippen LogP contribution in [-0.4, -0.2) is 12.1 Å². The molecule has 0 aliphatic carbocycles. The van der Waals surface area contributed by atoms with Crippen LogP contribution >= 0.6 is 0 Å². The number of aryl methyl sites for hydroxylation is 1. The van der Waals surface area contributed by atoms with Crippen molar-refractivity contribution in [3.8, 4) is 0 Å². The predicted octanol–water partition coefficient (Wildman–Crippen LogP) is 4.00. The van der Waals surface area contributed by atoms with Gasteiger partial charge < -0.3 is 9.15 Å². The third-order valence-electron chi connectivity index (χ3n) is 3.42. The second-order valence-electron chi connectivity index (χ2n) is 5.41. The van der Waals surface area contributed by atoms with E-state index in [9.17, 15) is 9.59 Å². The molecule has 1 aliphatic heterocycles. The lowest BCUT2D eigenvalue weighted by molar-refractivity contribution is -0.141. The fraction of sp³-hybridized carbons (Fsp3) is 0.647. The summed E-state index contributed by atoms with van der Waals surface area (Å²) < 4.78 is 9.75. The van der Waals surface area contributed by atoms with E-state index < -0.39 is 0 Å². The molecule has 0 amide bonds. The molecule has 1 fully saturated rings. The van der Waals surface area contributed by atoms with E-state index in [0.717, 1.165) is 12.8 Å². The molecule has 2 rings (SSSR count). The van der Waals surface area contributed by atoms with Gasteiger partial charge in [-0.3, -0.25) is 4.79 Å². The van der Waals surface area contributed by atoms with Gasteiger partial charge in [0, 0.05) is 12.5 Å². The quantitative estimate of drug-likeness (QED) is 0.588. The maximum absolute atomic E-state index is 10.8. The molecular weight excluding hydrogens is 268 g/mol. The SMILES string of the molecule is CCCCCCCC1CCC(=O)O1.Cc1cccc(=O)o1. The molecule has 2 heterocycles. The maximum atomic E-state index is 10.8. The van der Waals surface area contributed by atoms with Gasteiger partial charge in [0.25, 0.3) is 0 Å². The Balaban J connectivity index is 0.000000235. The molecule has 0 radical (unpaired) electrons. The summed E-state index contributed by atoms with van der Waals surface area (Å²) in [5.74, 6) is 0.649. The van der Waals surface area contributed by atoms with Gasteiger partial charge in [-0.2, -0.15) is 0 Å². The molecule has 0 saturated carbocycles. The zero-order valence-electron chi connectivity index (χ0n) is 13.1. The van der Waals surface area contributed by atoms with Gasteiger partial charge >= 0.3 is 11.6 Å². The van der Waals surface area contributed by atoms with E-state index in [-0.39, 0.29) is 17.7 Å². The zero-order valence-corrected chi connectivity index (χ0v) is 13.1. The average molecular weight is 294 g/mol. The third kappa shape index (κ3) is 8.33. The van der Waals surface area contributed by atoms with Crippen molar-refractivity contribution in [3.63, 3.8) is 0 Å². The van der Waals surface area contributed by atoms with Crippen LogP contribution in [0.2, 0.25) is 0 Å². The van der Waals surface area contributed by atoms with Gasteiger partial charge in [0.2, 0.25) is 0 Å². The lowest BCUT2D eigenvalue weighted by atomic mass is 10.1. The van der Waals surface area contributed by atoms with Crippen LogP contribution in [-0.2, 0) is 9.53 Å². The molecule has 1 aromatic rings. The Morgan fingerprint density at radius 3 is 2.43 bits per heavy atom. The van der Waals surface area contributed by atoms with Crippen LogP contribution in [0, 0.1) is 6.92 Å². The Morgan fingerprint density at radius 1 is 1.14 bits per heavy atom. The third-order valence-corrected chi connectivity index (χ3v) is 3.42. The summed E-state index contributed by atoms with van der Waals surface area (Å²) in [6, 6.07) is 4.79. The van der Waals surface area contributed by atoms with Crippen LogP contribution in [0.5, 0.6) is 0 Å². The Hall–Kier alpha value is -1.58. The van der Waals surface area contributed by atoms with E-state index >= 15 is 0 Å². The first-order valence-corrected chi connectivity index (χ1v) is 7.88. The topological polar surface area (TPSA) is 56.5 Å². The zero-order chi connectivity index (χ0) is 15.5. The van der Waals surface area contributed by atoms with Crippen LogP contribution in [0.4, 0.5) is 0 Å². The van der Waals surface area contributed by atoms with E-state index in [4.69, 9.17) is 4.74 Å². The number of hydrogen-bond donors (Lipinski definition) is 0. The van der Waals surface area contributed by atoms with Crippen LogP contribution in [0.1, 0.15) is 64.1 Å². The summed E-state index contributed by atoms with van der Waals surface area (Å²) in [5.41, 5.74) is -0.287. The van der Waals surface area contributed by atoms with Gasteiger partial charge in [-0.15, -0.1) is 0 Å². The Bertz CT molecular complexity index is 464. The molecule has 1 unspecified atom stereocenters. The summed E-state index contributed by atoms with van der Waals surface area (Å²) in [4.78, 5) is 21.1. The van der Waals surface area contributed by atoms with Crippen molar-refractivity contribution in [2.75, 3.05) is 0 Å². The molecule has 1 atom stereocenters. The Morgan fingerprint density at radius 2 is 1.90 bits per heavy atom. The summed E-state index contributed by atoms with van der Waals surface area (Å²) in [6.07, 6.45) is 9.39. The van der Waals surface area contributed by atoms with Crippen molar-refractivity contribution in [1.29, 1.82) is 0 Å². The molecule has 0 spiro atoms. The summed E-state index contributed by atoms with van der Waals surface area (Å²) >= 11 is 0. The molecule has 4 nitrogen and oxygen atoms in total. The van der Waals surface area contributed by atoms with Crippen LogP contribution < -0.4 is 5.63 Å². The lowest BCUT2D eigenvalue weighted by Crippen LogP contribution is -2.06. The Labute approximate surface area is 126 Å². The molecule has 0 N–H and O–H groups in total. The first-order valence-electron chi connectivity index (χ1n) is 7.88. The second kappa shape index (κ2) is 10.2. The number of carbonyl (C=O) groups is 1. The summed E-state index contributed by atoms with van der Waals surface area (Å²) in [7, 11) is 0. The van der Waals surface area contributed by atoms with Crippen LogP contribution in [0.25, 0.3) is 0 Å². The molecule has 21 heavy (non-hydrogen) atoms. The highest BCUT2D eigenvalue weighted by atomic mass is 16.5. The monoisotopic (exact) mass is 294 g/mol. The van der Waals surface area contributed by atoms with Gasteiger partial charge in [-0.25, -0.2) is 4.79 Å². The molecule has 4 heteroatoms. The van der Waals surface area contributed by atoms with Gasteiger partial charge in [0.1, 0.15) is 11.9 Å². The summed E-state index contributed by atoms with van der Waals surface area (Å²) in [5, 5.41) is 0. The molecule has 1 aromatic heterocycles. The van der Waals surface area contributed by atoms with E-state index in [1.165, 1.54) is 38.2 Å². The highest BCUT2D eigenvalue weighted by Gasteiger charge is 2.22. The van der Waals surface area contributed by atoms with Crippen molar-refractivity contribution >= 4 is 5.97 Å². The predicted molar refractivity (Wildman–Crippen MR) is 82.2 cm³/mol. The van der Waals surface area contributed by atoms with Gasteiger partial charge in [-0.05, 0) is 32.3 Å². The molecule has 0 aromatic carbocycles. The fourth-order valence-electron chi connectivity index (χ4n) is 2.25. The highest BCUT2D eigenvalue weighted by Crippen LogP contribution is 2.19. The van der Waals surface area contributed by atoms with Gasteiger partial charge in [0.05, 0.1) is 0 Å². The highest BCUT2D eigenvalue weighted by molar-refractivity contribution is 5.71. The number of esters is 1. The van der Waals surface area contributed by atoms with Crippen molar-refractivity contribution < 1.29 is 13.9 Å². The number of carbonyl (C=O) groups excluding carboxylic acids is 1. The smallest absolute Gasteiger partial charge is 0.335 e. The van der Waals surface area contributed by atoms with Gasteiger partial charge in [-0.1, -0.05) is 38.7 Å². The maximum Gasteiger partial charge on any atom is 0.335 e. The first-order chi connectivity index (χ1) is 10.1. The van der Waals surface area contributed by atoms with Crippen molar-refractivity contribution in [3.05, 3.63) is 34.4 Å². The molecule has 1 saturated heterocycles. The van der Waals surface area contributed by atoms with E-state index in [0.29, 0.717) is 12.2 Å². The normalized spacial score (nSPS) is 17.0. The minimum atomic E-state index is -0.287. The number of ether oxygens (including phenoxy) is 1. The molecule has 1 aliphatic rings. The average Bonchev–Trinajstić information content (AvgIpc) is 2.85. The first kappa shape index (κ1) is 17.5. The fourth-order valence-corrected chi connectivity index (χ4v) is 2.25.